The highest BCUT2D eigenvalue weighted by molar-refractivity contribution is 7.99. The van der Waals surface area contributed by atoms with E-state index in [1.807, 2.05) is 62.4 Å². The van der Waals surface area contributed by atoms with Gasteiger partial charge in [0.2, 0.25) is 11.8 Å². The molecule has 3 aromatic rings. The molecule has 0 aliphatic carbocycles. The minimum absolute atomic E-state index is 0.00338. The van der Waals surface area contributed by atoms with Crippen molar-refractivity contribution in [3.63, 3.8) is 0 Å². The third-order valence-corrected chi connectivity index (χ3v) is 7.33. The molecule has 3 rings (SSSR count). The van der Waals surface area contributed by atoms with Crippen molar-refractivity contribution < 1.29 is 9.59 Å². The van der Waals surface area contributed by atoms with Crippen LogP contribution in [0.15, 0.2) is 83.8 Å². The third kappa shape index (κ3) is 8.56. The van der Waals surface area contributed by atoms with Crippen LogP contribution in [-0.4, -0.2) is 34.6 Å². The molecule has 3 aromatic carbocycles. The average molecular weight is 503 g/mol. The van der Waals surface area contributed by atoms with Crippen molar-refractivity contribution in [1.29, 1.82) is 0 Å². The van der Waals surface area contributed by atoms with Crippen molar-refractivity contribution in [3.8, 4) is 0 Å². The summed E-state index contributed by atoms with van der Waals surface area (Å²) in [5, 5.41) is 3.13. The van der Waals surface area contributed by atoms with Gasteiger partial charge in [-0.05, 0) is 50.5 Å². The smallest absolute Gasteiger partial charge is 0.243 e. The van der Waals surface area contributed by atoms with Crippen LogP contribution < -0.4 is 5.32 Å². The lowest BCUT2D eigenvalue weighted by Gasteiger charge is -2.32. The van der Waals surface area contributed by atoms with Crippen LogP contribution in [0.5, 0.6) is 0 Å². The van der Waals surface area contributed by atoms with Gasteiger partial charge in [-0.15, -0.1) is 11.8 Å². The molecule has 5 heteroatoms. The number of rotatable bonds is 12. The lowest BCUT2D eigenvalue weighted by Crippen LogP contribution is -2.52. The van der Waals surface area contributed by atoms with Gasteiger partial charge in [0, 0.05) is 36.1 Å². The fourth-order valence-corrected chi connectivity index (χ4v) is 4.88. The second-order valence-electron chi connectivity index (χ2n) is 9.45. The van der Waals surface area contributed by atoms with Crippen molar-refractivity contribution in [1.82, 2.24) is 10.2 Å². The van der Waals surface area contributed by atoms with Gasteiger partial charge in [-0.1, -0.05) is 84.8 Å². The zero-order valence-electron chi connectivity index (χ0n) is 21.9. The Morgan fingerprint density at radius 3 is 2.25 bits per heavy atom. The summed E-state index contributed by atoms with van der Waals surface area (Å²) in [7, 11) is 0. The lowest BCUT2D eigenvalue weighted by atomic mass is 10.0. The number of carbonyl (C=O) groups is 2. The summed E-state index contributed by atoms with van der Waals surface area (Å²) in [6.07, 6.45) is 1.68. The monoisotopic (exact) mass is 502 g/mol. The number of benzene rings is 3. The van der Waals surface area contributed by atoms with Crippen molar-refractivity contribution in [2.45, 2.75) is 70.5 Å². The van der Waals surface area contributed by atoms with Crippen LogP contribution in [0.2, 0.25) is 0 Å². The van der Waals surface area contributed by atoms with Crippen LogP contribution in [0.25, 0.3) is 0 Å². The first-order valence-electron chi connectivity index (χ1n) is 12.7. The number of hydrogen-bond acceptors (Lipinski definition) is 3. The Morgan fingerprint density at radius 1 is 0.889 bits per heavy atom. The maximum absolute atomic E-state index is 13.7. The molecule has 1 N–H and O–H groups in total. The number of nitrogens with zero attached hydrogens (tertiary/aromatic N) is 1. The molecule has 36 heavy (non-hydrogen) atoms. The molecular formula is C31H38N2O2S. The summed E-state index contributed by atoms with van der Waals surface area (Å²) in [4.78, 5) is 30.2. The number of nitrogens with one attached hydrogen (secondary N) is 1. The van der Waals surface area contributed by atoms with Crippen molar-refractivity contribution >= 4 is 23.6 Å². The molecule has 190 valence electrons. The Hall–Kier alpha value is -3.05. The number of hydrogen-bond donors (Lipinski definition) is 1. The number of aryl methyl sites for hydroxylation is 2. The summed E-state index contributed by atoms with van der Waals surface area (Å²) < 4.78 is 0. The Bertz CT molecular complexity index is 1110. The number of carbonyl (C=O) groups excluding carboxylic acids is 2. The maximum atomic E-state index is 13.7. The van der Waals surface area contributed by atoms with Gasteiger partial charge in [0.05, 0.1) is 0 Å². The first-order valence-corrected chi connectivity index (χ1v) is 13.7. The summed E-state index contributed by atoms with van der Waals surface area (Å²) in [5.41, 5.74) is 4.43. The maximum Gasteiger partial charge on any atom is 0.243 e. The van der Waals surface area contributed by atoms with E-state index in [2.05, 4.69) is 49.5 Å². The Balaban J connectivity index is 1.85. The summed E-state index contributed by atoms with van der Waals surface area (Å²) >= 11 is 1.67. The minimum atomic E-state index is -0.584. The van der Waals surface area contributed by atoms with Crippen LogP contribution in [0.3, 0.4) is 0 Å². The SMILES string of the molecule is CC[C@@H](C)NC(=O)[C@H](Cc1ccccc1)N(Cc1cccc(C)c1)C(=O)CCSc1ccc(C)cc1. The van der Waals surface area contributed by atoms with Crippen molar-refractivity contribution in [2.24, 2.45) is 0 Å². The van der Waals surface area contributed by atoms with E-state index < -0.39 is 6.04 Å². The molecule has 0 aliphatic heterocycles. The van der Waals surface area contributed by atoms with Gasteiger partial charge in [-0.25, -0.2) is 0 Å². The molecule has 0 unspecified atom stereocenters. The predicted octanol–water partition coefficient (Wildman–Crippen LogP) is 6.34. The van der Waals surface area contributed by atoms with Crippen LogP contribution in [0, 0.1) is 13.8 Å². The highest BCUT2D eigenvalue weighted by Gasteiger charge is 2.30. The van der Waals surface area contributed by atoms with Gasteiger partial charge in [0.15, 0.2) is 0 Å². The summed E-state index contributed by atoms with van der Waals surface area (Å²) in [6, 6.07) is 25.9. The largest absolute Gasteiger partial charge is 0.352 e. The van der Waals surface area contributed by atoms with Crippen molar-refractivity contribution in [2.75, 3.05) is 5.75 Å². The minimum Gasteiger partial charge on any atom is -0.352 e. The topological polar surface area (TPSA) is 49.4 Å². The Kier molecular flexibility index (Phi) is 10.6. The van der Waals surface area contributed by atoms with E-state index in [-0.39, 0.29) is 17.9 Å². The van der Waals surface area contributed by atoms with Gasteiger partial charge in [0.25, 0.3) is 0 Å². The van der Waals surface area contributed by atoms with E-state index in [0.717, 1.165) is 28.0 Å². The van der Waals surface area contributed by atoms with Gasteiger partial charge in [0.1, 0.15) is 6.04 Å². The standard InChI is InChI=1S/C31H38N2O2S/c1-5-25(4)32-31(35)29(21-26-11-7-6-8-12-26)33(22-27-13-9-10-24(3)20-27)30(34)18-19-36-28-16-14-23(2)15-17-28/h6-17,20,25,29H,5,18-19,21-22H2,1-4H3,(H,32,35)/t25-,29+/m1/s1. The normalized spacial score (nSPS) is 12.6. The highest BCUT2D eigenvalue weighted by Crippen LogP contribution is 2.22. The van der Waals surface area contributed by atoms with Gasteiger partial charge >= 0.3 is 0 Å². The van der Waals surface area contributed by atoms with Crippen LogP contribution in [0.1, 0.15) is 48.9 Å². The molecule has 0 aliphatic rings. The lowest BCUT2D eigenvalue weighted by molar-refractivity contribution is -0.141. The molecule has 0 heterocycles. The quantitative estimate of drug-likeness (QED) is 0.294. The van der Waals surface area contributed by atoms with E-state index in [0.29, 0.717) is 25.1 Å². The highest BCUT2D eigenvalue weighted by atomic mass is 32.2. The van der Waals surface area contributed by atoms with E-state index in [1.54, 1.807) is 16.7 Å². The molecule has 0 saturated carbocycles. The second-order valence-corrected chi connectivity index (χ2v) is 10.6. The van der Waals surface area contributed by atoms with E-state index in [9.17, 15) is 9.59 Å². The van der Waals surface area contributed by atoms with E-state index in [1.165, 1.54) is 5.56 Å². The molecule has 4 nitrogen and oxygen atoms in total. The predicted molar refractivity (Wildman–Crippen MR) is 150 cm³/mol. The van der Waals surface area contributed by atoms with Gasteiger partial charge in [-0.3, -0.25) is 9.59 Å². The number of amides is 2. The Morgan fingerprint density at radius 2 is 1.58 bits per heavy atom. The molecule has 2 atom stereocenters. The van der Waals surface area contributed by atoms with Gasteiger partial charge < -0.3 is 10.2 Å². The van der Waals surface area contributed by atoms with Crippen molar-refractivity contribution in [3.05, 3.63) is 101 Å². The zero-order chi connectivity index (χ0) is 25.9. The Labute approximate surface area is 220 Å². The average Bonchev–Trinajstić information content (AvgIpc) is 2.87. The molecule has 2 amide bonds. The second kappa shape index (κ2) is 13.9. The summed E-state index contributed by atoms with van der Waals surface area (Å²) in [5.74, 6) is 0.564. The molecular weight excluding hydrogens is 464 g/mol. The molecule has 0 saturated heterocycles. The third-order valence-electron chi connectivity index (χ3n) is 6.31. The molecule has 0 radical (unpaired) electrons. The number of thioether (sulfide) groups is 1. The first kappa shape index (κ1) is 27.5. The van der Waals surface area contributed by atoms with E-state index >= 15 is 0 Å². The molecule has 0 aromatic heterocycles. The molecule has 0 fully saturated rings. The van der Waals surface area contributed by atoms with Crippen LogP contribution in [0.4, 0.5) is 0 Å². The fourth-order valence-electron chi connectivity index (χ4n) is 4.04. The summed E-state index contributed by atoms with van der Waals surface area (Å²) in [6.45, 7) is 8.57. The molecule has 0 spiro atoms. The first-order chi connectivity index (χ1) is 17.4. The molecule has 0 bridgehead atoms. The van der Waals surface area contributed by atoms with Crippen LogP contribution in [-0.2, 0) is 22.6 Å². The van der Waals surface area contributed by atoms with Gasteiger partial charge in [-0.2, -0.15) is 0 Å². The fraction of sp³-hybridized carbons (Fsp3) is 0.355. The zero-order valence-corrected chi connectivity index (χ0v) is 22.7. The van der Waals surface area contributed by atoms with E-state index in [4.69, 9.17) is 0 Å². The van der Waals surface area contributed by atoms with Crippen LogP contribution >= 0.6 is 11.8 Å².